The Morgan fingerprint density at radius 1 is 1.42 bits per heavy atom. The average Bonchev–Trinajstić information content (AvgIpc) is 2.82. The summed E-state index contributed by atoms with van der Waals surface area (Å²) in [7, 11) is 0. The van der Waals surface area contributed by atoms with E-state index in [9.17, 15) is 4.79 Å². The number of nitrogens with one attached hydrogen (secondary N) is 2. The number of anilines is 1. The van der Waals surface area contributed by atoms with Gasteiger partial charge in [0.05, 0.1) is 0 Å². The van der Waals surface area contributed by atoms with Crippen molar-refractivity contribution in [1.29, 1.82) is 0 Å². The topological polar surface area (TPSA) is 61.4 Å². The normalized spacial score (nSPS) is 13.0. The van der Waals surface area contributed by atoms with Gasteiger partial charge in [-0.15, -0.1) is 0 Å². The third-order valence-electron chi connectivity index (χ3n) is 2.90. The van der Waals surface area contributed by atoms with Gasteiger partial charge in [-0.05, 0) is 0 Å². The Bertz CT molecular complexity index is 500. The Morgan fingerprint density at radius 2 is 2.26 bits per heavy atom. The van der Waals surface area contributed by atoms with Gasteiger partial charge in [-0.3, -0.25) is 0 Å². The van der Waals surface area contributed by atoms with Crippen LogP contribution in [0.4, 0.5) is 5.69 Å². The maximum atomic E-state index is 11.0. The van der Waals surface area contributed by atoms with Crippen molar-refractivity contribution >= 4 is 42.9 Å². The van der Waals surface area contributed by atoms with Crippen LogP contribution in [0, 0.1) is 0 Å². The van der Waals surface area contributed by atoms with Gasteiger partial charge >= 0.3 is 124 Å². The molecular formula is C14H18N2O2Sb. The number of fused-ring (bicyclic) bond motifs is 1. The SMILES string of the molecule is CCCCNCNc1cc[c]2c(c1)C=[C](C(=O)O)[Sb]2. The standard InChI is InChI=1S/C14H18N2O2.Sb/c1-2-3-9-15-11-16-13-6-4-5-12(10-13)7-8-14(17)18;/h4,6-7,10,15-16H,2-3,9,11H2,1H3,(H,17,18);. The summed E-state index contributed by atoms with van der Waals surface area (Å²) in [4.78, 5) is 11.0. The monoisotopic (exact) mass is 367 g/mol. The molecule has 1 aliphatic rings. The van der Waals surface area contributed by atoms with Crippen molar-refractivity contribution in [3.63, 3.8) is 0 Å². The van der Waals surface area contributed by atoms with Crippen LogP contribution in [0.5, 0.6) is 0 Å². The van der Waals surface area contributed by atoms with E-state index in [1.165, 1.54) is 16.4 Å². The van der Waals surface area contributed by atoms with Crippen LogP contribution in [0.1, 0.15) is 25.3 Å². The van der Waals surface area contributed by atoms with Crippen molar-refractivity contribution in [3.8, 4) is 0 Å². The molecule has 1 aliphatic heterocycles. The Labute approximate surface area is 123 Å². The van der Waals surface area contributed by atoms with E-state index >= 15 is 0 Å². The van der Waals surface area contributed by atoms with Crippen molar-refractivity contribution in [2.75, 3.05) is 18.5 Å². The van der Waals surface area contributed by atoms with E-state index in [-0.39, 0.29) is 0 Å². The molecule has 0 unspecified atom stereocenters. The number of carbonyl (C=O) groups is 1. The third-order valence-corrected chi connectivity index (χ3v) is 6.36. The molecule has 0 atom stereocenters. The Hall–Kier alpha value is -0.992. The van der Waals surface area contributed by atoms with Gasteiger partial charge in [0.1, 0.15) is 0 Å². The molecule has 1 heterocycles. The zero-order valence-electron chi connectivity index (χ0n) is 10.9. The summed E-state index contributed by atoms with van der Waals surface area (Å²) < 4.78 is 1.85. The molecule has 0 fully saturated rings. The molecule has 1 aromatic carbocycles. The molecule has 0 amide bonds. The van der Waals surface area contributed by atoms with Gasteiger partial charge in [0, 0.05) is 0 Å². The molecular weight excluding hydrogens is 350 g/mol. The molecule has 0 aromatic heterocycles. The predicted molar refractivity (Wildman–Crippen MR) is 78.8 cm³/mol. The fourth-order valence-corrected chi connectivity index (χ4v) is 4.61. The molecule has 1 radical (unpaired) electrons. The third kappa shape index (κ3) is 3.98. The van der Waals surface area contributed by atoms with E-state index in [1.807, 2.05) is 18.2 Å². The van der Waals surface area contributed by atoms with Crippen LogP contribution in [-0.4, -0.2) is 45.9 Å². The van der Waals surface area contributed by atoms with Crippen LogP contribution in [-0.2, 0) is 4.79 Å². The zero-order chi connectivity index (χ0) is 13.7. The summed E-state index contributed by atoms with van der Waals surface area (Å²) >= 11 is -0.874. The second-order valence-electron chi connectivity index (χ2n) is 4.43. The summed E-state index contributed by atoms with van der Waals surface area (Å²) in [6, 6.07) is 6.14. The number of benzene rings is 1. The number of aliphatic carboxylic acids is 1. The van der Waals surface area contributed by atoms with Gasteiger partial charge < -0.3 is 0 Å². The van der Waals surface area contributed by atoms with Crippen LogP contribution < -0.4 is 14.1 Å². The van der Waals surface area contributed by atoms with Crippen molar-refractivity contribution < 1.29 is 9.90 Å². The molecule has 0 saturated heterocycles. The van der Waals surface area contributed by atoms with E-state index in [2.05, 4.69) is 23.6 Å². The molecule has 2 rings (SSSR count). The van der Waals surface area contributed by atoms with Gasteiger partial charge in [-0.2, -0.15) is 0 Å². The van der Waals surface area contributed by atoms with Crippen LogP contribution >= 0.6 is 0 Å². The Morgan fingerprint density at radius 3 is 3.00 bits per heavy atom. The first-order valence-electron chi connectivity index (χ1n) is 6.46. The molecule has 1 aromatic rings. The number of carboxylic acid groups (broad SMARTS) is 1. The summed E-state index contributed by atoms with van der Waals surface area (Å²) in [6.45, 7) is 3.93. The average molecular weight is 368 g/mol. The van der Waals surface area contributed by atoms with Crippen molar-refractivity contribution in [2.45, 2.75) is 19.8 Å². The predicted octanol–water partition coefficient (Wildman–Crippen LogP) is 1.21. The van der Waals surface area contributed by atoms with Gasteiger partial charge in [0.25, 0.3) is 0 Å². The first-order chi connectivity index (χ1) is 9.20. The fourth-order valence-electron chi connectivity index (χ4n) is 1.86. The molecule has 3 N–H and O–H groups in total. The second kappa shape index (κ2) is 6.97. The summed E-state index contributed by atoms with van der Waals surface area (Å²) in [5, 5.41) is 15.6. The molecule has 19 heavy (non-hydrogen) atoms. The van der Waals surface area contributed by atoms with Crippen molar-refractivity contribution in [1.82, 2.24) is 5.32 Å². The maximum absolute atomic E-state index is 11.0. The van der Waals surface area contributed by atoms with Gasteiger partial charge in [-0.25, -0.2) is 0 Å². The van der Waals surface area contributed by atoms with E-state index in [4.69, 9.17) is 5.11 Å². The molecule has 4 nitrogen and oxygen atoms in total. The van der Waals surface area contributed by atoms with E-state index < -0.39 is 27.6 Å². The van der Waals surface area contributed by atoms with Crippen molar-refractivity contribution in [3.05, 3.63) is 27.3 Å². The quantitative estimate of drug-likeness (QED) is 0.385. The van der Waals surface area contributed by atoms with Gasteiger partial charge in [0.15, 0.2) is 0 Å². The minimum absolute atomic E-state index is 0.616. The van der Waals surface area contributed by atoms with Crippen LogP contribution in [0.25, 0.3) is 6.08 Å². The van der Waals surface area contributed by atoms with Crippen LogP contribution in [0.15, 0.2) is 21.7 Å². The van der Waals surface area contributed by atoms with E-state index in [0.717, 1.165) is 24.5 Å². The molecule has 5 heteroatoms. The molecule has 0 bridgehead atoms. The molecule has 0 aliphatic carbocycles. The van der Waals surface area contributed by atoms with Gasteiger partial charge in [0.2, 0.25) is 0 Å². The van der Waals surface area contributed by atoms with Crippen LogP contribution in [0.2, 0.25) is 0 Å². The molecule has 0 saturated carbocycles. The summed E-state index contributed by atoms with van der Waals surface area (Å²) in [6.07, 6.45) is 4.20. The Kier molecular flexibility index (Phi) is 5.29. The molecule has 0 spiro atoms. The fraction of sp³-hybridized carbons (Fsp3) is 0.357. The Balaban J connectivity index is 1.91. The summed E-state index contributed by atoms with van der Waals surface area (Å²) in [5.74, 6) is -0.760. The van der Waals surface area contributed by atoms with E-state index in [0.29, 0.717) is 3.52 Å². The number of hydrogen-bond donors (Lipinski definition) is 3. The molecule has 101 valence electrons. The zero-order valence-corrected chi connectivity index (χ0v) is 13.5. The van der Waals surface area contributed by atoms with Gasteiger partial charge in [-0.1, -0.05) is 0 Å². The second-order valence-corrected chi connectivity index (χ2v) is 7.82. The summed E-state index contributed by atoms with van der Waals surface area (Å²) in [5.41, 5.74) is 2.12. The first-order valence-corrected chi connectivity index (χ1v) is 9.01. The van der Waals surface area contributed by atoms with Crippen LogP contribution in [0.3, 0.4) is 0 Å². The minimum atomic E-state index is -0.874. The van der Waals surface area contributed by atoms with E-state index in [1.54, 1.807) is 0 Å². The number of unbranched alkanes of at least 4 members (excludes halogenated alkanes) is 1. The van der Waals surface area contributed by atoms with Crippen molar-refractivity contribution in [2.24, 2.45) is 0 Å². The first kappa shape index (κ1) is 14.4. The number of carboxylic acids is 1. The number of hydrogen-bond acceptors (Lipinski definition) is 3. The number of rotatable bonds is 7.